The third kappa shape index (κ3) is 3.90. The number of amides is 1. The number of aliphatic hydroxyl groups excluding tert-OH is 1. The molecule has 0 radical (unpaired) electrons. The second kappa shape index (κ2) is 7.32. The Hall–Kier alpha value is -3.00. The second-order valence-electron chi connectivity index (χ2n) is 6.90. The molecule has 4 rings (SSSR count). The average molecular weight is 366 g/mol. The van der Waals surface area contributed by atoms with Gasteiger partial charge in [-0.25, -0.2) is 9.67 Å². The molecule has 1 saturated carbocycles. The smallest absolute Gasteiger partial charge is 0.224 e. The Morgan fingerprint density at radius 3 is 2.81 bits per heavy atom. The first-order valence-electron chi connectivity index (χ1n) is 9.12. The summed E-state index contributed by atoms with van der Waals surface area (Å²) in [7, 11) is 0. The highest BCUT2D eigenvalue weighted by molar-refractivity contribution is 5.92. The van der Waals surface area contributed by atoms with Gasteiger partial charge in [0.25, 0.3) is 0 Å². The topological polar surface area (TPSA) is 105 Å². The number of carbonyl (C=O) groups excluding carboxylic acids is 1. The van der Waals surface area contributed by atoms with E-state index in [1.807, 2.05) is 18.2 Å². The molecule has 1 fully saturated rings. The summed E-state index contributed by atoms with van der Waals surface area (Å²) in [5.74, 6) is 1.08. The first kappa shape index (κ1) is 17.4. The molecule has 1 amide bonds. The monoisotopic (exact) mass is 366 g/mol. The summed E-state index contributed by atoms with van der Waals surface area (Å²) < 4.78 is 1.73. The van der Waals surface area contributed by atoms with Crippen molar-refractivity contribution in [3.8, 4) is 5.82 Å². The third-order valence-electron chi connectivity index (χ3n) is 4.78. The fourth-order valence-corrected chi connectivity index (χ4v) is 3.42. The molecule has 140 valence electrons. The van der Waals surface area contributed by atoms with Crippen molar-refractivity contribution in [2.75, 3.05) is 10.6 Å². The van der Waals surface area contributed by atoms with Gasteiger partial charge in [0, 0.05) is 36.3 Å². The molecule has 0 bridgehead atoms. The van der Waals surface area contributed by atoms with Crippen LogP contribution in [0.2, 0.25) is 0 Å². The molecule has 0 aliphatic heterocycles. The lowest BCUT2D eigenvalue weighted by Gasteiger charge is -2.26. The minimum atomic E-state index is -0.191. The Morgan fingerprint density at radius 2 is 2.04 bits per heavy atom. The minimum Gasteiger partial charge on any atom is -0.393 e. The molecule has 1 aliphatic carbocycles. The van der Waals surface area contributed by atoms with Gasteiger partial charge in [-0.15, -0.1) is 0 Å². The van der Waals surface area contributed by atoms with E-state index in [2.05, 4.69) is 25.7 Å². The molecule has 1 aromatic carbocycles. The van der Waals surface area contributed by atoms with Gasteiger partial charge in [-0.05, 0) is 43.9 Å². The van der Waals surface area contributed by atoms with Crippen molar-refractivity contribution in [3.05, 3.63) is 36.7 Å². The summed E-state index contributed by atoms with van der Waals surface area (Å²) in [6.45, 7) is 1.48. The number of aromatic nitrogens is 4. The normalized spacial score (nSPS) is 19.8. The van der Waals surface area contributed by atoms with Gasteiger partial charge in [-0.1, -0.05) is 0 Å². The fourth-order valence-electron chi connectivity index (χ4n) is 3.42. The molecule has 8 heteroatoms. The van der Waals surface area contributed by atoms with Crippen LogP contribution in [0, 0.1) is 0 Å². The average Bonchev–Trinajstić information content (AvgIpc) is 3.07. The Kier molecular flexibility index (Phi) is 4.72. The molecular weight excluding hydrogens is 344 g/mol. The lowest BCUT2D eigenvalue weighted by Crippen LogP contribution is -2.29. The lowest BCUT2D eigenvalue weighted by atomic mass is 9.93. The van der Waals surface area contributed by atoms with Gasteiger partial charge in [0.05, 0.1) is 17.8 Å². The zero-order valence-electron chi connectivity index (χ0n) is 15.1. The van der Waals surface area contributed by atoms with Gasteiger partial charge in [-0.2, -0.15) is 10.1 Å². The number of benzene rings is 1. The standard InChI is InChI=1S/C19H22N6O2/c1-12(26)22-15-3-2-13-11-21-25(17(13)10-15)18-8-9-20-19(24-18)23-14-4-6-16(27)7-5-14/h2-3,8-11,14,16,27H,4-7H2,1H3,(H,22,26)(H,20,23,24). The number of carbonyl (C=O) groups is 1. The summed E-state index contributed by atoms with van der Waals surface area (Å²) in [6.07, 6.45) is 6.68. The molecule has 0 spiro atoms. The van der Waals surface area contributed by atoms with Crippen LogP contribution >= 0.6 is 0 Å². The number of nitrogens with one attached hydrogen (secondary N) is 2. The van der Waals surface area contributed by atoms with Crippen molar-refractivity contribution in [3.63, 3.8) is 0 Å². The molecule has 3 aromatic rings. The fraction of sp³-hybridized carbons (Fsp3) is 0.368. The number of rotatable bonds is 4. The zero-order valence-corrected chi connectivity index (χ0v) is 15.1. The number of hydrogen-bond donors (Lipinski definition) is 3. The van der Waals surface area contributed by atoms with E-state index >= 15 is 0 Å². The number of fused-ring (bicyclic) bond motifs is 1. The van der Waals surface area contributed by atoms with E-state index in [4.69, 9.17) is 0 Å². The van der Waals surface area contributed by atoms with Crippen LogP contribution in [0.25, 0.3) is 16.7 Å². The van der Waals surface area contributed by atoms with Crippen LogP contribution in [0.3, 0.4) is 0 Å². The highest BCUT2D eigenvalue weighted by Gasteiger charge is 2.20. The van der Waals surface area contributed by atoms with Gasteiger partial charge in [0.1, 0.15) is 0 Å². The molecule has 3 N–H and O–H groups in total. The third-order valence-corrected chi connectivity index (χ3v) is 4.78. The van der Waals surface area contributed by atoms with Gasteiger partial charge < -0.3 is 15.7 Å². The minimum absolute atomic E-state index is 0.119. The van der Waals surface area contributed by atoms with Crippen molar-refractivity contribution >= 4 is 28.4 Å². The van der Waals surface area contributed by atoms with Crippen LogP contribution in [0.4, 0.5) is 11.6 Å². The molecule has 1 aliphatic rings. The molecule has 0 atom stereocenters. The lowest BCUT2D eigenvalue weighted by molar-refractivity contribution is -0.114. The van der Waals surface area contributed by atoms with Crippen LogP contribution in [-0.4, -0.2) is 42.9 Å². The summed E-state index contributed by atoms with van der Waals surface area (Å²) in [6, 6.07) is 7.71. The predicted octanol–water partition coefficient (Wildman–Crippen LogP) is 2.49. The summed E-state index contributed by atoms with van der Waals surface area (Å²) in [4.78, 5) is 20.2. The van der Waals surface area contributed by atoms with Gasteiger partial charge in [-0.3, -0.25) is 4.79 Å². The van der Waals surface area contributed by atoms with Crippen LogP contribution in [0.1, 0.15) is 32.6 Å². The summed E-state index contributed by atoms with van der Waals surface area (Å²) in [5.41, 5.74) is 1.57. The molecule has 2 heterocycles. The van der Waals surface area contributed by atoms with Crippen LogP contribution < -0.4 is 10.6 Å². The zero-order chi connectivity index (χ0) is 18.8. The number of aliphatic hydroxyl groups is 1. The maximum Gasteiger partial charge on any atom is 0.224 e. The van der Waals surface area contributed by atoms with Crippen molar-refractivity contribution in [1.82, 2.24) is 19.7 Å². The SMILES string of the molecule is CC(=O)Nc1ccc2cnn(-c3ccnc(NC4CCC(O)CC4)n3)c2c1. The Morgan fingerprint density at radius 1 is 1.22 bits per heavy atom. The highest BCUT2D eigenvalue weighted by atomic mass is 16.3. The van der Waals surface area contributed by atoms with Crippen molar-refractivity contribution in [1.29, 1.82) is 0 Å². The van der Waals surface area contributed by atoms with Crippen LogP contribution in [0.15, 0.2) is 36.7 Å². The predicted molar refractivity (Wildman–Crippen MR) is 103 cm³/mol. The first-order chi connectivity index (χ1) is 13.1. The molecule has 27 heavy (non-hydrogen) atoms. The van der Waals surface area contributed by atoms with E-state index in [-0.39, 0.29) is 18.1 Å². The van der Waals surface area contributed by atoms with E-state index in [0.717, 1.165) is 36.6 Å². The highest BCUT2D eigenvalue weighted by Crippen LogP contribution is 2.23. The maximum atomic E-state index is 11.3. The first-order valence-corrected chi connectivity index (χ1v) is 9.12. The second-order valence-corrected chi connectivity index (χ2v) is 6.90. The maximum absolute atomic E-state index is 11.3. The Bertz CT molecular complexity index is 962. The quantitative estimate of drug-likeness (QED) is 0.655. The molecule has 0 unspecified atom stereocenters. The number of hydrogen-bond acceptors (Lipinski definition) is 6. The molecule has 8 nitrogen and oxygen atoms in total. The Balaban J connectivity index is 1.60. The van der Waals surface area contributed by atoms with E-state index in [1.54, 1.807) is 23.1 Å². The van der Waals surface area contributed by atoms with E-state index < -0.39 is 0 Å². The number of nitrogens with zero attached hydrogens (tertiary/aromatic N) is 4. The summed E-state index contributed by atoms with van der Waals surface area (Å²) in [5, 5.41) is 21.2. The Labute approximate surface area is 156 Å². The number of anilines is 2. The van der Waals surface area contributed by atoms with Gasteiger partial charge in [0.2, 0.25) is 11.9 Å². The molecule has 0 saturated heterocycles. The van der Waals surface area contributed by atoms with Crippen molar-refractivity contribution < 1.29 is 9.90 Å². The van der Waals surface area contributed by atoms with E-state index in [0.29, 0.717) is 17.5 Å². The van der Waals surface area contributed by atoms with Gasteiger partial charge >= 0.3 is 0 Å². The van der Waals surface area contributed by atoms with E-state index in [9.17, 15) is 9.90 Å². The van der Waals surface area contributed by atoms with E-state index in [1.165, 1.54) is 6.92 Å². The summed E-state index contributed by atoms with van der Waals surface area (Å²) >= 11 is 0. The molecular formula is C19H22N6O2. The van der Waals surface area contributed by atoms with Crippen LogP contribution in [-0.2, 0) is 4.79 Å². The van der Waals surface area contributed by atoms with Crippen LogP contribution in [0.5, 0.6) is 0 Å². The largest absolute Gasteiger partial charge is 0.393 e. The van der Waals surface area contributed by atoms with Gasteiger partial charge in [0.15, 0.2) is 5.82 Å². The van der Waals surface area contributed by atoms with Crippen molar-refractivity contribution in [2.45, 2.75) is 44.8 Å². The molecule has 2 aromatic heterocycles. The van der Waals surface area contributed by atoms with Crippen molar-refractivity contribution in [2.24, 2.45) is 0 Å².